The van der Waals surface area contributed by atoms with Gasteiger partial charge in [0, 0.05) is 28.1 Å². The number of aromatic hydroxyl groups is 1. The Labute approximate surface area is 226 Å². The fraction of sp³-hybridized carbons (Fsp3) is 0.129. The van der Waals surface area contributed by atoms with Crippen LogP contribution in [0.25, 0.3) is 10.8 Å². The molecular formula is C31H29N3O5. The highest BCUT2D eigenvalue weighted by Crippen LogP contribution is 2.36. The van der Waals surface area contributed by atoms with E-state index >= 15 is 0 Å². The first-order valence-electron chi connectivity index (χ1n) is 12.4. The average Bonchev–Trinajstić information content (AvgIpc) is 2.92. The van der Waals surface area contributed by atoms with Gasteiger partial charge in [-0.1, -0.05) is 55.5 Å². The molecule has 39 heavy (non-hydrogen) atoms. The molecular weight excluding hydrogens is 494 g/mol. The summed E-state index contributed by atoms with van der Waals surface area (Å²) in [6, 6.07) is 23.9. The molecule has 8 nitrogen and oxygen atoms in total. The van der Waals surface area contributed by atoms with Gasteiger partial charge in [0.2, 0.25) is 5.91 Å². The van der Waals surface area contributed by atoms with Crippen molar-refractivity contribution in [3.05, 3.63) is 108 Å². The van der Waals surface area contributed by atoms with E-state index in [2.05, 4.69) is 10.6 Å². The number of carbonyl (C=O) groups excluding carboxylic acids is 3. The lowest BCUT2D eigenvalue weighted by Crippen LogP contribution is -2.22. The number of hydrogen-bond donors (Lipinski definition) is 4. The van der Waals surface area contributed by atoms with Crippen molar-refractivity contribution in [1.82, 2.24) is 0 Å². The molecule has 5 N–H and O–H groups in total. The molecule has 0 heterocycles. The first-order chi connectivity index (χ1) is 18.7. The Morgan fingerprint density at radius 1 is 0.872 bits per heavy atom. The highest BCUT2D eigenvalue weighted by molar-refractivity contribution is 6.01. The highest BCUT2D eigenvalue weighted by Gasteiger charge is 2.25. The Morgan fingerprint density at radius 2 is 1.54 bits per heavy atom. The molecule has 0 aromatic heterocycles. The predicted molar refractivity (Wildman–Crippen MR) is 153 cm³/mol. The molecule has 0 unspecified atom stereocenters. The summed E-state index contributed by atoms with van der Waals surface area (Å²) in [6.07, 6.45) is 1.50. The summed E-state index contributed by atoms with van der Waals surface area (Å²) in [6.45, 7) is 3.29. The average molecular weight is 524 g/mol. The Balaban J connectivity index is 1.59. The molecule has 0 aliphatic carbocycles. The van der Waals surface area contributed by atoms with Gasteiger partial charge in [0.05, 0.1) is 11.4 Å². The molecule has 0 radical (unpaired) electrons. The maximum absolute atomic E-state index is 13.0. The van der Waals surface area contributed by atoms with Crippen LogP contribution in [0.1, 0.15) is 35.9 Å². The van der Waals surface area contributed by atoms with E-state index in [-0.39, 0.29) is 17.4 Å². The molecule has 8 heteroatoms. The maximum atomic E-state index is 13.0. The number of para-hydroxylation sites is 2. The van der Waals surface area contributed by atoms with E-state index in [1.165, 1.54) is 13.0 Å². The number of ether oxygens (including phenoxy) is 1. The van der Waals surface area contributed by atoms with Gasteiger partial charge in [0.15, 0.2) is 5.78 Å². The first-order valence-corrected chi connectivity index (χ1v) is 12.4. The van der Waals surface area contributed by atoms with E-state index in [9.17, 15) is 19.5 Å². The van der Waals surface area contributed by atoms with Crippen molar-refractivity contribution in [2.45, 2.75) is 20.0 Å². The van der Waals surface area contributed by atoms with E-state index < -0.39 is 18.1 Å². The molecule has 0 aliphatic rings. The number of phenolic OH excluding ortho intramolecular Hbond substituents is 1. The van der Waals surface area contributed by atoms with Crippen molar-refractivity contribution in [3.63, 3.8) is 0 Å². The first kappa shape index (κ1) is 26.9. The maximum Gasteiger partial charge on any atom is 0.412 e. The molecule has 0 spiro atoms. The number of nitrogens with two attached hydrogens (primary N) is 1. The molecule has 0 saturated carbocycles. The topological polar surface area (TPSA) is 131 Å². The van der Waals surface area contributed by atoms with Gasteiger partial charge < -0.3 is 20.9 Å². The SMILES string of the molecule is CC(=O)c1ccc(NC(=O)O[C@H](c2ccc(O)c3ccccc23)[C@H](C)/C=C/C(=O)Nc2ccccc2N)cc1. The van der Waals surface area contributed by atoms with E-state index in [0.717, 1.165) is 0 Å². The van der Waals surface area contributed by atoms with Crippen LogP contribution in [0.4, 0.5) is 21.9 Å². The lowest BCUT2D eigenvalue weighted by Gasteiger charge is -2.24. The van der Waals surface area contributed by atoms with Crippen LogP contribution in [-0.4, -0.2) is 22.9 Å². The van der Waals surface area contributed by atoms with E-state index in [1.54, 1.807) is 72.8 Å². The van der Waals surface area contributed by atoms with Gasteiger partial charge in [0.25, 0.3) is 0 Å². The Morgan fingerprint density at radius 3 is 2.23 bits per heavy atom. The zero-order valence-corrected chi connectivity index (χ0v) is 21.5. The monoisotopic (exact) mass is 523 g/mol. The Hall–Kier alpha value is -5.11. The molecule has 4 rings (SSSR count). The Bertz CT molecular complexity index is 1550. The third-order valence-electron chi connectivity index (χ3n) is 6.26. The smallest absolute Gasteiger partial charge is 0.412 e. The largest absolute Gasteiger partial charge is 0.507 e. The minimum absolute atomic E-state index is 0.0806. The number of ketones is 1. The van der Waals surface area contributed by atoms with E-state index in [4.69, 9.17) is 10.5 Å². The van der Waals surface area contributed by atoms with Crippen LogP contribution in [0, 0.1) is 5.92 Å². The third kappa shape index (κ3) is 6.61. The standard InChI is InChI=1S/C31H29N3O5/c1-19(11-18-29(37)34-27-10-6-5-9-26(27)32)30(25-16-17-28(36)24-8-4-3-7-23(24)25)39-31(38)33-22-14-12-21(13-15-22)20(2)35/h3-19,30,36H,32H2,1-2H3,(H,33,38)(H,34,37)/b18-11+/t19-,30+/m1/s1. The van der Waals surface area contributed by atoms with Crippen LogP contribution >= 0.6 is 0 Å². The van der Waals surface area contributed by atoms with Crippen molar-refractivity contribution in [3.8, 4) is 5.75 Å². The number of nitrogen functional groups attached to an aromatic ring is 1. The van der Waals surface area contributed by atoms with Gasteiger partial charge in [0.1, 0.15) is 11.9 Å². The molecule has 198 valence electrons. The van der Waals surface area contributed by atoms with Crippen LogP contribution in [0.5, 0.6) is 5.75 Å². The second kappa shape index (κ2) is 12.0. The predicted octanol–water partition coefficient (Wildman–Crippen LogP) is 6.45. The van der Waals surface area contributed by atoms with Crippen LogP contribution in [0.3, 0.4) is 0 Å². The molecule has 0 fully saturated rings. The van der Waals surface area contributed by atoms with Gasteiger partial charge in [-0.25, -0.2) is 4.79 Å². The summed E-state index contributed by atoms with van der Waals surface area (Å²) in [5, 5.41) is 17.1. The van der Waals surface area contributed by atoms with E-state index in [1.807, 2.05) is 25.1 Å². The molecule has 4 aromatic rings. The van der Waals surface area contributed by atoms with Crippen LogP contribution < -0.4 is 16.4 Å². The number of carbonyl (C=O) groups is 3. The number of Topliss-reactive ketones (excluding diaryl/α,β-unsaturated/α-hetero) is 1. The molecule has 0 saturated heterocycles. The van der Waals surface area contributed by atoms with E-state index in [0.29, 0.717) is 39.0 Å². The third-order valence-corrected chi connectivity index (χ3v) is 6.26. The molecule has 2 atom stereocenters. The number of nitrogens with one attached hydrogen (secondary N) is 2. The fourth-order valence-electron chi connectivity index (χ4n) is 4.18. The lowest BCUT2D eigenvalue weighted by molar-refractivity contribution is -0.111. The minimum atomic E-state index is -0.808. The second-order valence-corrected chi connectivity index (χ2v) is 9.10. The van der Waals surface area contributed by atoms with Crippen molar-refractivity contribution in [2.24, 2.45) is 5.92 Å². The molecule has 0 bridgehead atoms. The van der Waals surface area contributed by atoms with Gasteiger partial charge in [-0.05, 0) is 60.9 Å². The van der Waals surface area contributed by atoms with Crippen LogP contribution in [0.2, 0.25) is 0 Å². The molecule has 0 aliphatic heterocycles. The van der Waals surface area contributed by atoms with Crippen molar-refractivity contribution >= 4 is 45.6 Å². The second-order valence-electron chi connectivity index (χ2n) is 9.10. The number of rotatable bonds is 8. The fourth-order valence-corrected chi connectivity index (χ4v) is 4.18. The van der Waals surface area contributed by atoms with Gasteiger partial charge >= 0.3 is 6.09 Å². The van der Waals surface area contributed by atoms with Crippen LogP contribution in [0.15, 0.2) is 97.1 Å². The molecule has 4 aromatic carbocycles. The van der Waals surface area contributed by atoms with Gasteiger partial charge in [-0.15, -0.1) is 0 Å². The zero-order valence-electron chi connectivity index (χ0n) is 21.5. The number of amides is 2. The number of fused-ring (bicyclic) bond motifs is 1. The number of anilines is 3. The lowest BCUT2D eigenvalue weighted by atomic mass is 9.92. The number of benzene rings is 4. The summed E-state index contributed by atoms with van der Waals surface area (Å²) >= 11 is 0. The Kier molecular flexibility index (Phi) is 8.26. The normalized spacial score (nSPS) is 12.6. The van der Waals surface area contributed by atoms with Crippen molar-refractivity contribution in [1.29, 1.82) is 0 Å². The van der Waals surface area contributed by atoms with Gasteiger partial charge in [-0.2, -0.15) is 0 Å². The minimum Gasteiger partial charge on any atom is -0.507 e. The van der Waals surface area contributed by atoms with Crippen LogP contribution in [-0.2, 0) is 9.53 Å². The summed E-state index contributed by atoms with van der Waals surface area (Å²) in [5.41, 5.74) is 8.50. The zero-order chi connectivity index (χ0) is 27.9. The van der Waals surface area contributed by atoms with Crippen molar-refractivity contribution < 1.29 is 24.2 Å². The number of hydrogen-bond acceptors (Lipinski definition) is 6. The highest BCUT2D eigenvalue weighted by atomic mass is 16.6. The molecule has 2 amide bonds. The summed E-state index contributed by atoms with van der Waals surface area (Å²) in [4.78, 5) is 37.1. The summed E-state index contributed by atoms with van der Waals surface area (Å²) < 4.78 is 5.90. The van der Waals surface area contributed by atoms with Crippen molar-refractivity contribution in [2.75, 3.05) is 16.4 Å². The summed E-state index contributed by atoms with van der Waals surface area (Å²) in [5.74, 6) is -0.805. The quantitative estimate of drug-likeness (QED) is 0.119. The number of phenols is 1. The van der Waals surface area contributed by atoms with Gasteiger partial charge in [-0.3, -0.25) is 14.9 Å². The summed E-state index contributed by atoms with van der Waals surface area (Å²) in [7, 11) is 0.